The molecule has 0 aliphatic rings. The Hall–Kier alpha value is -3.36. The van der Waals surface area contributed by atoms with E-state index >= 15 is 0 Å². The number of fused-ring (bicyclic) bond motifs is 1. The molecule has 1 amide bonds. The first-order chi connectivity index (χ1) is 17.0. The van der Waals surface area contributed by atoms with Crippen molar-refractivity contribution in [2.75, 3.05) is 19.6 Å². The van der Waals surface area contributed by atoms with Crippen molar-refractivity contribution in [1.82, 2.24) is 18.8 Å². The van der Waals surface area contributed by atoms with Crippen LogP contribution in [0.3, 0.4) is 0 Å². The smallest absolute Gasteiger partial charge is 0.264 e. The fourth-order valence-electron chi connectivity index (χ4n) is 4.13. The van der Waals surface area contributed by atoms with Crippen LogP contribution in [-0.4, -0.2) is 44.4 Å². The number of carbonyl (C=O) groups excluding carboxylic acids is 1. The number of nitrogens with two attached hydrogens (primary N) is 1. The molecule has 2 aromatic heterocycles. The van der Waals surface area contributed by atoms with Crippen molar-refractivity contribution < 1.29 is 4.79 Å². The maximum Gasteiger partial charge on any atom is 0.264 e. The molecule has 4 rings (SSSR count). The largest absolute Gasteiger partial charge is 0.339 e. The van der Waals surface area contributed by atoms with Gasteiger partial charge in [0.15, 0.2) is 4.83 Å². The molecule has 0 atom stereocenters. The zero-order valence-electron chi connectivity index (χ0n) is 20.2. The molecule has 7 nitrogen and oxygen atoms in total. The summed E-state index contributed by atoms with van der Waals surface area (Å²) in [6.07, 6.45) is 2.00. The maximum absolute atomic E-state index is 13.4. The van der Waals surface area contributed by atoms with Gasteiger partial charge in [-0.2, -0.15) is 4.37 Å². The summed E-state index contributed by atoms with van der Waals surface area (Å²) < 4.78 is 6.11. The van der Waals surface area contributed by atoms with E-state index in [1.165, 1.54) is 11.5 Å². The highest BCUT2D eigenvalue weighted by atomic mass is 32.1. The third-order valence-corrected chi connectivity index (χ3v) is 6.91. The van der Waals surface area contributed by atoms with Crippen molar-refractivity contribution in [2.45, 2.75) is 39.7 Å². The number of aryl methyl sites for hydroxylation is 3. The van der Waals surface area contributed by atoms with Crippen LogP contribution in [0.5, 0.6) is 0 Å². The second-order valence-electron chi connectivity index (χ2n) is 8.76. The van der Waals surface area contributed by atoms with E-state index in [2.05, 4.69) is 4.37 Å². The van der Waals surface area contributed by atoms with Crippen molar-refractivity contribution in [2.24, 2.45) is 5.73 Å². The zero-order chi connectivity index (χ0) is 24.8. The monoisotopic (exact) mass is 489 g/mol. The minimum Gasteiger partial charge on any atom is -0.339 e. The van der Waals surface area contributed by atoms with Crippen LogP contribution < -0.4 is 11.3 Å². The normalized spacial score (nSPS) is 11.2. The standard InChI is InChI=1S/C27H31N5O2S/c1-19-11-13-22(14-12-19)26(33)31(17-7-15-28)16-6-10-23-29-25-24(20(2)30-35-25)27(34)32(23)18-21-8-4-3-5-9-21/h3-5,8-9,11-14H,6-7,10,15-18,28H2,1-2H3. The Morgan fingerprint density at radius 2 is 1.74 bits per heavy atom. The number of amides is 1. The van der Waals surface area contributed by atoms with Gasteiger partial charge in [-0.3, -0.25) is 14.2 Å². The predicted molar refractivity (Wildman–Crippen MR) is 141 cm³/mol. The number of aromatic nitrogens is 3. The lowest BCUT2D eigenvalue weighted by Gasteiger charge is -2.23. The van der Waals surface area contributed by atoms with E-state index in [4.69, 9.17) is 10.7 Å². The third kappa shape index (κ3) is 5.83. The van der Waals surface area contributed by atoms with Crippen LogP contribution in [0.4, 0.5) is 0 Å². The minimum absolute atomic E-state index is 0.00150. The molecule has 0 fully saturated rings. The van der Waals surface area contributed by atoms with Crippen LogP contribution in [0.15, 0.2) is 59.4 Å². The number of nitrogens with zero attached hydrogens (tertiary/aromatic N) is 4. The first kappa shape index (κ1) is 24.8. The Labute approximate surface area is 209 Å². The maximum atomic E-state index is 13.4. The molecule has 4 aromatic rings. The van der Waals surface area contributed by atoms with Gasteiger partial charge in [-0.15, -0.1) is 0 Å². The van der Waals surface area contributed by atoms with Gasteiger partial charge < -0.3 is 10.6 Å². The second kappa shape index (κ2) is 11.4. The molecule has 2 aromatic carbocycles. The summed E-state index contributed by atoms with van der Waals surface area (Å²) in [5.74, 6) is 0.721. The highest BCUT2D eigenvalue weighted by Crippen LogP contribution is 2.19. The Morgan fingerprint density at radius 1 is 1.03 bits per heavy atom. The summed E-state index contributed by atoms with van der Waals surface area (Å²) >= 11 is 1.26. The summed E-state index contributed by atoms with van der Waals surface area (Å²) in [5, 5.41) is 0.591. The second-order valence-corrected chi connectivity index (χ2v) is 9.51. The molecule has 0 radical (unpaired) electrons. The molecule has 35 heavy (non-hydrogen) atoms. The van der Waals surface area contributed by atoms with E-state index in [1.807, 2.05) is 73.3 Å². The lowest BCUT2D eigenvalue weighted by Crippen LogP contribution is -2.34. The molecule has 0 spiro atoms. The van der Waals surface area contributed by atoms with Crippen LogP contribution in [0.1, 0.15) is 45.8 Å². The number of hydrogen-bond donors (Lipinski definition) is 1. The van der Waals surface area contributed by atoms with E-state index in [0.717, 1.165) is 23.4 Å². The number of carbonyl (C=O) groups is 1. The molecule has 2 heterocycles. The summed E-state index contributed by atoms with van der Waals surface area (Å²) in [6.45, 7) is 5.99. The Balaban J connectivity index is 1.56. The Morgan fingerprint density at radius 3 is 2.46 bits per heavy atom. The van der Waals surface area contributed by atoms with Crippen LogP contribution >= 0.6 is 11.5 Å². The van der Waals surface area contributed by atoms with Crippen molar-refractivity contribution >= 4 is 27.7 Å². The predicted octanol–water partition coefficient (Wildman–Crippen LogP) is 3.94. The van der Waals surface area contributed by atoms with Gasteiger partial charge in [0.25, 0.3) is 11.5 Å². The highest BCUT2D eigenvalue weighted by Gasteiger charge is 2.18. The molecule has 0 unspecified atom stereocenters. The SMILES string of the molecule is Cc1ccc(C(=O)N(CCCN)CCCc2nc3snc(C)c3c(=O)n2Cc2ccccc2)cc1. The van der Waals surface area contributed by atoms with E-state index in [0.29, 0.717) is 60.5 Å². The van der Waals surface area contributed by atoms with E-state index < -0.39 is 0 Å². The molecule has 0 bridgehead atoms. The van der Waals surface area contributed by atoms with E-state index in [9.17, 15) is 9.59 Å². The average molecular weight is 490 g/mol. The minimum atomic E-state index is -0.0594. The van der Waals surface area contributed by atoms with Crippen molar-refractivity contribution in [3.8, 4) is 0 Å². The molecule has 0 saturated carbocycles. The quantitative estimate of drug-likeness (QED) is 0.364. The van der Waals surface area contributed by atoms with Gasteiger partial charge in [-0.25, -0.2) is 4.98 Å². The lowest BCUT2D eigenvalue weighted by molar-refractivity contribution is 0.0752. The van der Waals surface area contributed by atoms with E-state index in [-0.39, 0.29) is 11.5 Å². The van der Waals surface area contributed by atoms with Crippen molar-refractivity contribution in [3.05, 3.63) is 93.2 Å². The van der Waals surface area contributed by atoms with Gasteiger partial charge >= 0.3 is 0 Å². The first-order valence-electron chi connectivity index (χ1n) is 11.9. The van der Waals surface area contributed by atoms with Crippen LogP contribution in [-0.2, 0) is 13.0 Å². The highest BCUT2D eigenvalue weighted by molar-refractivity contribution is 7.12. The molecular weight excluding hydrogens is 458 g/mol. The first-order valence-corrected chi connectivity index (χ1v) is 12.7. The van der Waals surface area contributed by atoms with Gasteiger partial charge in [-0.1, -0.05) is 48.0 Å². The Bertz CT molecular complexity index is 1350. The van der Waals surface area contributed by atoms with Crippen molar-refractivity contribution in [3.63, 3.8) is 0 Å². The van der Waals surface area contributed by atoms with Crippen LogP contribution in [0.25, 0.3) is 10.2 Å². The molecule has 8 heteroatoms. The lowest BCUT2D eigenvalue weighted by atomic mass is 10.1. The molecule has 0 saturated heterocycles. The topological polar surface area (TPSA) is 94.1 Å². The van der Waals surface area contributed by atoms with Gasteiger partial charge in [0.1, 0.15) is 5.82 Å². The number of rotatable bonds is 10. The summed E-state index contributed by atoms with van der Waals surface area (Å²) in [7, 11) is 0. The fourth-order valence-corrected chi connectivity index (χ4v) is 4.92. The zero-order valence-corrected chi connectivity index (χ0v) is 21.1. The summed E-state index contributed by atoms with van der Waals surface area (Å²) in [4.78, 5) is 33.9. The van der Waals surface area contributed by atoms with E-state index in [1.54, 1.807) is 4.57 Å². The molecule has 0 aliphatic carbocycles. The number of benzene rings is 2. The molecular formula is C27H31N5O2S. The average Bonchev–Trinajstić information content (AvgIpc) is 3.24. The van der Waals surface area contributed by atoms with Gasteiger partial charge in [0.2, 0.25) is 0 Å². The molecule has 2 N–H and O–H groups in total. The molecule has 182 valence electrons. The third-order valence-electron chi connectivity index (χ3n) is 6.08. The summed E-state index contributed by atoms with van der Waals surface area (Å²) in [6, 6.07) is 17.5. The van der Waals surface area contributed by atoms with Gasteiger partial charge in [0.05, 0.1) is 17.6 Å². The summed E-state index contributed by atoms with van der Waals surface area (Å²) in [5.41, 5.74) is 9.21. The van der Waals surface area contributed by atoms with Crippen molar-refractivity contribution in [1.29, 1.82) is 0 Å². The van der Waals surface area contributed by atoms with Gasteiger partial charge in [-0.05, 0) is 62.5 Å². The Kier molecular flexibility index (Phi) is 8.05. The van der Waals surface area contributed by atoms with Gasteiger partial charge in [0, 0.05) is 25.1 Å². The number of hydrogen-bond acceptors (Lipinski definition) is 6. The fraction of sp³-hybridized carbons (Fsp3) is 0.333. The molecule has 0 aliphatic heterocycles. The van der Waals surface area contributed by atoms with Crippen LogP contribution in [0, 0.1) is 13.8 Å². The van der Waals surface area contributed by atoms with Crippen LogP contribution in [0.2, 0.25) is 0 Å².